The quantitative estimate of drug-likeness (QED) is 0.860. The molecule has 0 bridgehead atoms. The summed E-state index contributed by atoms with van der Waals surface area (Å²) in [5.74, 6) is -3.95. The van der Waals surface area contributed by atoms with Gasteiger partial charge in [0.2, 0.25) is 0 Å². The van der Waals surface area contributed by atoms with Crippen molar-refractivity contribution in [1.29, 1.82) is 0 Å². The van der Waals surface area contributed by atoms with E-state index in [0.29, 0.717) is 19.3 Å². The van der Waals surface area contributed by atoms with Gasteiger partial charge < -0.3 is 10.1 Å². The number of Topliss-reactive ketones (excluding diaryl/α,β-unsaturated/α-hetero) is 1. The van der Waals surface area contributed by atoms with Gasteiger partial charge in [-0.25, -0.2) is 13.6 Å². The molecular formula is C16H17F2NO4. The third kappa shape index (κ3) is 4.12. The normalized spacial score (nSPS) is 19.1. The first-order chi connectivity index (χ1) is 10.9. The summed E-state index contributed by atoms with van der Waals surface area (Å²) < 4.78 is 30.8. The van der Waals surface area contributed by atoms with Gasteiger partial charge in [-0.3, -0.25) is 9.59 Å². The monoisotopic (exact) mass is 325 g/mol. The molecule has 2 rings (SSSR count). The maximum absolute atomic E-state index is 13.2. The zero-order chi connectivity index (χ0) is 17.0. The van der Waals surface area contributed by atoms with Crippen LogP contribution in [0.3, 0.4) is 0 Å². The van der Waals surface area contributed by atoms with Crippen molar-refractivity contribution in [3.05, 3.63) is 35.4 Å². The molecule has 1 N–H and O–H groups in total. The van der Waals surface area contributed by atoms with Crippen LogP contribution in [0.5, 0.6) is 0 Å². The second-order valence-corrected chi connectivity index (χ2v) is 5.50. The van der Waals surface area contributed by atoms with Crippen molar-refractivity contribution in [1.82, 2.24) is 5.32 Å². The number of amides is 1. The Morgan fingerprint density at radius 2 is 2.04 bits per heavy atom. The van der Waals surface area contributed by atoms with Crippen LogP contribution in [-0.4, -0.2) is 30.8 Å². The lowest BCUT2D eigenvalue weighted by Gasteiger charge is -2.28. The first-order valence-corrected chi connectivity index (χ1v) is 7.28. The number of ether oxygens (including phenoxy) is 1. The topological polar surface area (TPSA) is 72.5 Å². The molecule has 0 heterocycles. The van der Waals surface area contributed by atoms with E-state index in [0.717, 1.165) is 18.2 Å². The molecule has 1 amide bonds. The van der Waals surface area contributed by atoms with E-state index in [1.807, 2.05) is 0 Å². The van der Waals surface area contributed by atoms with E-state index in [9.17, 15) is 23.2 Å². The number of halogens is 2. The molecule has 7 heteroatoms. The summed E-state index contributed by atoms with van der Waals surface area (Å²) in [4.78, 5) is 35.7. The van der Waals surface area contributed by atoms with E-state index >= 15 is 0 Å². The zero-order valence-electron chi connectivity index (χ0n) is 12.6. The highest BCUT2D eigenvalue weighted by atomic mass is 19.2. The minimum atomic E-state index is -1.15. The minimum Gasteiger partial charge on any atom is -0.467 e. The molecule has 1 aliphatic rings. The van der Waals surface area contributed by atoms with Gasteiger partial charge in [0.15, 0.2) is 11.6 Å². The lowest BCUT2D eigenvalue weighted by Crippen LogP contribution is -2.48. The molecule has 5 nitrogen and oxygen atoms in total. The van der Waals surface area contributed by atoms with Gasteiger partial charge in [0.1, 0.15) is 11.8 Å². The predicted octanol–water partition coefficient (Wildman–Crippen LogP) is 2.00. The molecule has 0 spiro atoms. The molecule has 1 aliphatic carbocycles. The Bertz CT molecular complexity index is 633. The van der Waals surface area contributed by atoms with Crippen molar-refractivity contribution >= 4 is 17.7 Å². The molecule has 23 heavy (non-hydrogen) atoms. The van der Waals surface area contributed by atoms with E-state index in [1.165, 1.54) is 7.11 Å². The van der Waals surface area contributed by atoms with Gasteiger partial charge in [0.25, 0.3) is 5.91 Å². The van der Waals surface area contributed by atoms with Gasteiger partial charge in [-0.15, -0.1) is 0 Å². The van der Waals surface area contributed by atoms with Gasteiger partial charge in [0.05, 0.1) is 7.11 Å². The highest BCUT2D eigenvalue weighted by molar-refractivity contribution is 5.97. The van der Waals surface area contributed by atoms with E-state index in [4.69, 9.17) is 0 Å². The fourth-order valence-electron chi connectivity index (χ4n) is 2.70. The average molecular weight is 325 g/mol. The van der Waals surface area contributed by atoms with Crippen LogP contribution < -0.4 is 5.32 Å². The Kier molecular flexibility index (Phi) is 5.41. The van der Waals surface area contributed by atoms with Gasteiger partial charge >= 0.3 is 5.97 Å². The number of hydrogen-bond acceptors (Lipinski definition) is 4. The highest BCUT2D eigenvalue weighted by Gasteiger charge is 2.34. The van der Waals surface area contributed by atoms with Crippen LogP contribution in [0.15, 0.2) is 18.2 Å². The van der Waals surface area contributed by atoms with E-state index in [1.54, 1.807) is 0 Å². The number of methoxy groups -OCH3 is 1. The number of esters is 1. The van der Waals surface area contributed by atoms with Crippen molar-refractivity contribution < 1.29 is 27.9 Å². The van der Waals surface area contributed by atoms with Gasteiger partial charge in [0, 0.05) is 18.4 Å². The smallest absolute Gasteiger partial charge is 0.328 e. The standard InChI is InChI=1S/C16H17F2NO4/c1-23-16(22)14(9-3-2-4-11(20)7-9)19-15(21)10-5-6-12(17)13(18)8-10/h5-6,8-9,14H,2-4,7H2,1H3,(H,19,21)/t9-,14+/m1/s1. The molecule has 0 aliphatic heterocycles. The number of nitrogens with one attached hydrogen (secondary N) is 1. The number of benzene rings is 1. The molecule has 1 fully saturated rings. The number of carbonyl (C=O) groups is 3. The zero-order valence-corrected chi connectivity index (χ0v) is 12.6. The summed E-state index contributed by atoms with van der Waals surface area (Å²) in [5.41, 5.74) is -0.111. The molecule has 0 saturated heterocycles. The van der Waals surface area contributed by atoms with Crippen LogP contribution in [0.1, 0.15) is 36.0 Å². The number of ketones is 1. The number of hydrogen-bond donors (Lipinski definition) is 1. The Balaban J connectivity index is 2.16. The summed E-state index contributed by atoms with van der Waals surface area (Å²) in [5, 5.41) is 2.47. The molecule has 2 atom stereocenters. The maximum atomic E-state index is 13.2. The second-order valence-electron chi connectivity index (χ2n) is 5.50. The SMILES string of the molecule is COC(=O)[C@@H](NC(=O)c1ccc(F)c(F)c1)[C@@H]1CCCC(=O)C1. The molecule has 0 unspecified atom stereocenters. The fourth-order valence-corrected chi connectivity index (χ4v) is 2.70. The van der Waals surface area contributed by atoms with Crippen LogP contribution in [0.4, 0.5) is 8.78 Å². The van der Waals surface area contributed by atoms with E-state index in [2.05, 4.69) is 10.1 Å². The molecular weight excluding hydrogens is 308 g/mol. The Morgan fingerprint density at radius 1 is 1.30 bits per heavy atom. The first kappa shape index (κ1) is 17.1. The summed E-state index contributed by atoms with van der Waals surface area (Å²) in [6.45, 7) is 0. The summed E-state index contributed by atoms with van der Waals surface area (Å²) in [7, 11) is 1.18. The van der Waals surface area contributed by atoms with Crippen LogP contribution in [0, 0.1) is 17.6 Å². The number of carbonyl (C=O) groups excluding carboxylic acids is 3. The first-order valence-electron chi connectivity index (χ1n) is 7.28. The van der Waals surface area contributed by atoms with Crippen molar-refractivity contribution in [2.75, 3.05) is 7.11 Å². The van der Waals surface area contributed by atoms with Crippen LogP contribution in [0.25, 0.3) is 0 Å². The van der Waals surface area contributed by atoms with Gasteiger partial charge in [-0.2, -0.15) is 0 Å². The number of rotatable bonds is 4. The highest BCUT2D eigenvalue weighted by Crippen LogP contribution is 2.25. The molecule has 0 aromatic heterocycles. The second kappa shape index (κ2) is 7.30. The lowest BCUT2D eigenvalue weighted by molar-refractivity contribution is -0.145. The van der Waals surface area contributed by atoms with Gasteiger partial charge in [-0.05, 0) is 37.0 Å². The van der Waals surface area contributed by atoms with Crippen molar-refractivity contribution in [3.63, 3.8) is 0 Å². The van der Waals surface area contributed by atoms with Crippen molar-refractivity contribution in [3.8, 4) is 0 Å². The predicted molar refractivity (Wildman–Crippen MR) is 76.6 cm³/mol. The van der Waals surface area contributed by atoms with Crippen LogP contribution in [0.2, 0.25) is 0 Å². The molecule has 124 valence electrons. The Labute approximate surface area is 132 Å². The third-order valence-corrected chi connectivity index (χ3v) is 3.92. The minimum absolute atomic E-state index is 0.0252. The largest absolute Gasteiger partial charge is 0.467 e. The summed E-state index contributed by atoms with van der Waals surface area (Å²) >= 11 is 0. The van der Waals surface area contributed by atoms with E-state index in [-0.39, 0.29) is 23.7 Å². The average Bonchev–Trinajstić information content (AvgIpc) is 2.54. The fraction of sp³-hybridized carbons (Fsp3) is 0.438. The summed E-state index contributed by atoms with van der Waals surface area (Å²) in [6, 6.07) is 1.71. The van der Waals surface area contributed by atoms with Gasteiger partial charge in [-0.1, -0.05) is 0 Å². The lowest BCUT2D eigenvalue weighted by atomic mass is 9.83. The Morgan fingerprint density at radius 3 is 2.65 bits per heavy atom. The molecule has 1 aromatic carbocycles. The van der Waals surface area contributed by atoms with Crippen molar-refractivity contribution in [2.24, 2.45) is 5.92 Å². The van der Waals surface area contributed by atoms with E-state index < -0.39 is 29.6 Å². The molecule has 1 aromatic rings. The van der Waals surface area contributed by atoms with Crippen molar-refractivity contribution in [2.45, 2.75) is 31.7 Å². The molecule has 0 radical (unpaired) electrons. The Hall–Kier alpha value is -2.31. The van der Waals surface area contributed by atoms with Crippen LogP contribution >= 0.6 is 0 Å². The maximum Gasteiger partial charge on any atom is 0.328 e. The molecule has 1 saturated carbocycles. The third-order valence-electron chi connectivity index (χ3n) is 3.92. The summed E-state index contributed by atoms with van der Waals surface area (Å²) in [6.07, 6.45) is 1.88. The van der Waals surface area contributed by atoms with Crippen LogP contribution in [-0.2, 0) is 14.3 Å².